The SMILES string of the molecule is Cc1cccc(C(=O)N2CCCN(C(=O)c3cn(C4CCNCC4)nn3)CC2)c1.Cl. The predicted molar refractivity (Wildman–Crippen MR) is 116 cm³/mol. The van der Waals surface area contributed by atoms with Crippen molar-refractivity contribution in [2.45, 2.75) is 32.2 Å². The van der Waals surface area contributed by atoms with Gasteiger partial charge >= 0.3 is 0 Å². The zero-order valence-electron chi connectivity index (χ0n) is 17.3. The molecule has 3 heterocycles. The molecular weight excluding hydrogens is 404 g/mol. The van der Waals surface area contributed by atoms with E-state index in [2.05, 4.69) is 15.6 Å². The Labute approximate surface area is 183 Å². The summed E-state index contributed by atoms with van der Waals surface area (Å²) in [4.78, 5) is 29.4. The van der Waals surface area contributed by atoms with Crippen molar-refractivity contribution in [2.24, 2.45) is 0 Å². The zero-order chi connectivity index (χ0) is 20.2. The van der Waals surface area contributed by atoms with Gasteiger partial charge < -0.3 is 15.1 Å². The standard InChI is InChI=1S/C21H28N6O2.ClH/c1-16-4-2-5-17(14-16)20(28)25-10-3-11-26(13-12-25)21(29)19-15-27(24-23-19)18-6-8-22-9-7-18;/h2,4-5,14-15,18,22H,3,6-13H2,1H3;1H. The minimum absolute atomic E-state index is 0. The van der Waals surface area contributed by atoms with E-state index in [0.29, 0.717) is 43.5 Å². The third-order valence-corrected chi connectivity index (χ3v) is 5.75. The number of benzene rings is 1. The van der Waals surface area contributed by atoms with Crippen molar-refractivity contribution >= 4 is 24.2 Å². The molecule has 1 aromatic carbocycles. The van der Waals surface area contributed by atoms with Crippen LogP contribution in [0.2, 0.25) is 0 Å². The van der Waals surface area contributed by atoms with E-state index in [4.69, 9.17) is 0 Å². The van der Waals surface area contributed by atoms with Crippen molar-refractivity contribution in [2.75, 3.05) is 39.3 Å². The van der Waals surface area contributed by atoms with Gasteiger partial charge in [-0.25, -0.2) is 4.68 Å². The normalized spacial score (nSPS) is 17.9. The van der Waals surface area contributed by atoms with Crippen LogP contribution in [0.15, 0.2) is 30.5 Å². The van der Waals surface area contributed by atoms with Crippen LogP contribution < -0.4 is 5.32 Å². The summed E-state index contributed by atoms with van der Waals surface area (Å²) in [5.74, 6) is -0.0742. The molecule has 2 fully saturated rings. The summed E-state index contributed by atoms with van der Waals surface area (Å²) in [5.41, 5.74) is 2.16. The molecule has 0 unspecified atom stereocenters. The molecule has 9 heteroatoms. The number of halogens is 1. The summed E-state index contributed by atoms with van der Waals surface area (Å²) in [6.45, 7) is 6.22. The van der Waals surface area contributed by atoms with Crippen molar-refractivity contribution in [3.05, 3.63) is 47.3 Å². The van der Waals surface area contributed by atoms with Crippen LogP contribution in [0.5, 0.6) is 0 Å². The average Bonchev–Trinajstić information content (AvgIpc) is 3.12. The van der Waals surface area contributed by atoms with Gasteiger partial charge in [-0.15, -0.1) is 17.5 Å². The van der Waals surface area contributed by atoms with Gasteiger partial charge in [0.25, 0.3) is 11.8 Å². The number of hydrogen-bond donors (Lipinski definition) is 1. The first-order valence-electron chi connectivity index (χ1n) is 10.4. The number of hydrogen-bond acceptors (Lipinski definition) is 5. The van der Waals surface area contributed by atoms with Crippen molar-refractivity contribution < 1.29 is 9.59 Å². The Bertz CT molecular complexity index is 880. The van der Waals surface area contributed by atoms with Crippen LogP contribution in [0.4, 0.5) is 0 Å². The highest BCUT2D eigenvalue weighted by Gasteiger charge is 2.26. The van der Waals surface area contributed by atoms with Crippen LogP contribution in [0.1, 0.15) is 51.7 Å². The smallest absolute Gasteiger partial charge is 0.276 e. The summed E-state index contributed by atoms with van der Waals surface area (Å²) in [7, 11) is 0. The Hall–Kier alpha value is -2.45. The Morgan fingerprint density at radius 3 is 2.43 bits per heavy atom. The molecule has 162 valence electrons. The summed E-state index contributed by atoms with van der Waals surface area (Å²) in [6, 6.07) is 7.95. The molecule has 2 aliphatic rings. The number of rotatable bonds is 3. The van der Waals surface area contributed by atoms with Gasteiger partial charge in [-0.05, 0) is 51.4 Å². The maximum Gasteiger partial charge on any atom is 0.276 e. The number of aryl methyl sites for hydroxylation is 1. The molecule has 30 heavy (non-hydrogen) atoms. The van der Waals surface area contributed by atoms with Crippen LogP contribution >= 0.6 is 12.4 Å². The molecule has 2 aromatic rings. The number of carbonyl (C=O) groups excluding carboxylic acids is 2. The van der Waals surface area contributed by atoms with Gasteiger partial charge in [0.2, 0.25) is 0 Å². The molecule has 0 radical (unpaired) electrons. The van der Waals surface area contributed by atoms with Crippen molar-refractivity contribution in [1.29, 1.82) is 0 Å². The maximum absolute atomic E-state index is 12.9. The van der Waals surface area contributed by atoms with Gasteiger partial charge in [0.15, 0.2) is 5.69 Å². The minimum atomic E-state index is -0.102. The Morgan fingerprint density at radius 1 is 1.03 bits per heavy atom. The highest BCUT2D eigenvalue weighted by molar-refractivity contribution is 5.95. The summed E-state index contributed by atoms with van der Waals surface area (Å²) in [6.07, 6.45) is 4.53. The van der Waals surface area contributed by atoms with Crippen molar-refractivity contribution in [3.63, 3.8) is 0 Å². The second-order valence-electron chi connectivity index (χ2n) is 7.87. The number of carbonyl (C=O) groups is 2. The first-order valence-corrected chi connectivity index (χ1v) is 10.4. The Balaban J connectivity index is 0.00000256. The molecule has 2 amide bonds. The molecule has 0 bridgehead atoms. The third-order valence-electron chi connectivity index (χ3n) is 5.75. The summed E-state index contributed by atoms with van der Waals surface area (Å²) < 4.78 is 1.83. The van der Waals surface area contributed by atoms with Crippen molar-refractivity contribution in [3.8, 4) is 0 Å². The van der Waals surface area contributed by atoms with Crippen LogP contribution in [0.3, 0.4) is 0 Å². The summed E-state index contributed by atoms with van der Waals surface area (Å²) >= 11 is 0. The summed E-state index contributed by atoms with van der Waals surface area (Å²) in [5, 5.41) is 11.7. The lowest BCUT2D eigenvalue weighted by molar-refractivity contribution is 0.0715. The van der Waals surface area contributed by atoms with E-state index in [1.807, 2.05) is 40.8 Å². The van der Waals surface area contributed by atoms with E-state index in [-0.39, 0.29) is 24.2 Å². The number of nitrogens with zero attached hydrogens (tertiary/aromatic N) is 5. The van der Waals surface area contributed by atoms with Gasteiger partial charge in [-0.2, -0.15) is 0 Å². The van der Waals surface area contributed by atoms with Gasteiger partial charge in [-0.3, -0.25) is 9.59 Å². The molecule has 0 atom stereocenters. The van der Waals surface area contributed by atoms with Crippen LogP contribution in [-0.4, -0.2) is 75.9 Å². The van der Waals surface area contributed by atoms with Crippen LogP contribution in [-0.2, 0) is 0 Å². The highest BCUT2D eigenvalue weighted by Crippen LogP contribution is 2.18. The predicted octanol–water partition coefficient (Wildman–Crippen LogP) is 1.92. The second kappa shape index (κ2) is 10.0. The van der Waals surface area contributed by atoms with E-state index >= 15 is 0 Å². The lowest BCUT2D eigenvalue weighted by Crippen LogP contribution is -2.37. The fraction of sp³-hybridized carbons (Fsp3) is 0.524. The molecule has 0 spiro atoms. The molecule has 1 aromatic heterocycles. The lowest BCUT2D eigenvalue weighted by atomic mass is 10.1. The van der Waals surface area contributed by atoms with Gasteiger partial charge in [0, 0.05) is 31.7 Å². The monoisotopic (exact) mass is 432 g/mol. The van der Waals surface area contributed by atoms with E-state index in [1.54, 1.807) is 11.1 Å². The van der Waals surface area contributed by atoms with Crippen LogP contribution in [0.25, 0.3) is 0 Å². The molecule has 1 N–H and O–H groups in total. The molecular formula is C21H29ClN6O2. The number of aromatic nitrogens is 3. The first kappa shape index (κ1) is 22.2. The average molecular weight is 433 g/mol. The Morgan fingerprint density at radius 2 is 1.73 bits per heavy atom. The van der Waals surface area contributed by atoms with Crippen LogP contribution in [0, 0.1) is 6.92 Å². The second-order valence-corrected chi connectivity index (χ2v) is 7.87. The quantitative estimate of drug-likeness (QED) is 0.801. The minimum Gasteiger partial charge on any atom is -0.337 e. The molecule has 8 nitrogen and oxygen atoms in total. The largest absolute Gasteiger partial charge is 0.337 e. The molecule has 0 saturated carbocycles. The van der Waals surface area contributed by atoms with E-state index in [1.165, 1.54) is 0 Å². The fourth-order valence-electron chi connectivity index (χ4n) is 4.07. The fourth-order valence-corrected chi connectivity index (χ4v) is 4.07. The number of piperidine rings is 1. The third kappa shape index (κ3) is 4.99. The molecule has 2 saturated heterocycles. The maximum atomic E-state index is 12.9. The zero-order valence-corrected chi connectivity index (χ0v) is 18.1. The van der Waals surface area contributed by atoms with Gasteiger partial charge in [0.1, 0.15) is 0 Å². The van der Waals surface area contributed by atoms with E-state index in [0.717, 1.165) is 37.9 Å². The lowest BCUT2D eigenvalue weighted by Gasteiger charge is -2.22. The topological polar surface area (TPSA) is 83.4 Å². The molecule has 0 aliphatic carbocycles. The first-order chi connectivity index (χ1) is 14.1. The van der Waals surface area contributed by atoms with E-state index in [9.17, 15) is 9.59 Å². The highest BCUT2D eigenvalue weighted by atomic mass is 35.5. The molecule has 4 rings (SSSR count). The van der Waals surface area contributed by atoms with E-state index < -0.39 is 0 Å². The van der Waals surface area contributed by atoms with Crippen molar-refractivity contribution in [1.82, 2.24) is 30.1 Å². The molecule has 2 aliphatic heterocycles. The number of amides is 2. The van der Waals surface area contributed by atoms with Gasteiger partial charge in [0.05, 0.1) is 12.2 Å². The van der Waals surface area contributed by atoms with Gasteiger partial charge in [-0.1, -0.05) is 22.9 Å². The number of nitrogens with one attached hydrogen (secondary N) is 1. The Kier molecular flexibility index (Phi) is 7.44.